The number of carbonyl (C=O) groups is 2. The number of nitrogens with one attached hydrogen (secondary N) is 2. The third-order valence-electron chi connectivity index (χ3n) is 7.83. The van der Waals surface area contributed by atoms with E-state index in [-0.39, 0.29) is 11.8 Å². The third kappa shape index (κ3) is 6.21. The van der Waals surface area contributed by atoms with Gasteiger partial charge in [-0.2, -0.15) is 13.4 Å². The van der Waals surface area contributed by atoms with Gasteiger partial charge in [0, 0.05) is 37.9 Å². The van der Waals surface area contributed by atoms with Crippen molar-refractivity contribution >= 4 is 44.2 Å². The van der Waals surface area contributed by atoms with Gasteiger partial charge in [0.15, 0.2) is 0 Å². The average molecular weight is 573 g/mol. The molecule has 13 heteroatoms. The standard InChI is InChI=1S/C27H36N6O6S/c1-17-14-23(30-26(28-17)33-12-13-39-18(2)16-33)29-24(35)21-5-4-20(31-40(37,38)25(36)19(3)34)15-22(21)32-10-8-27(6-7-27)9-11-32/h4-5,14-15,18-19,31,34H,6-13,16H2,1-3H3,(H,28,29,30,35)/t18-,19?/m1/s1. The highest BCUT2D eigenvalue weighted by Gasteiger charge is 2.44. The van der Waals surface area contributed by atoms with Gasteiger partial charge in [-0.1, -0.05) is 0 Å². The highest BCUT2D eigenvalue weighted by molar-refractivity contribution is 8.07. The van der Waals surface area contributed by atoms with Gasteiger partial charge in [-0.25, -0.2) is 4.98 Å². The Bertz CT molecular complexity index is 1400. The minimum Gasteiger partial charge on any atom is -0.384 e. The maximum atomic E-state index is 13.6. The van der Waals surface area contributed by atoms with Crippen LogP contribution >= 0.6 is 0 Å². The quantitative estimate of drug-likeness (QED) is 0.450. The Balaban J connectivity index is 1.42. The van der Waals surface area contributed by atoms with Crippen molar-refractivity contribution in [3.05, 3.63) is 35.5 Å². The van der Waals surface area contributed by atoms with Gasteiger partial charge in [0.1, 0.15) is 11.9 Å². The molecule has 1 saturated carbocycles. The lowest BCUT2D eigenvalue weighted by molar-refractivity contribution is -0.118. The van der Waals surface area contributed by atoms with E-state index in [0.29, 0.717) is 53.8 Å². The largest absolute Gasteiger partial charge is 0.384 e. The molecule has 2 atom stereocenters. The maximum Gasteiger partial charge on any atom is 0.298 e. The Morgan fingerprint density at radius 3 is 2.48 bits per heavy atom. The van der Waals surface area contributed by atoms with Crippen LogP contribution in [0.25, 0.3) is 0 Å². The van der Waals surface area contributed by atoms with Gasteiger partial charge >= 0.3 is 0 Å². The number of carbonyl (C=O) groups excluding carboxylic acids is 2. The Morgan fingerprint density at radius 2 is 1.82 bits per heavy atom. The van der Waals surface area contributed by atoms with Crippen LogP contribution in [0.1, 0.15) is 55.6 Å². The molecule has 0 radical (unpaired) electrons. The number of aromatic nitrogens is 2. The Morgan fingerprint density at radius 1 is 1.10 bits per heavy atom. The van der Waals surface area contributed by atoms with Gasteiger partial charge in [-0.15, -0.1) is 0 Å². The van der Waals surface area contributed by atoms with Crippen LogP contribution in [0.2, 0.25) is 0 Å². The number of hydrogen-bond acceptors (Lipinski definition) is 10. The summed E-state index contributed by atoms with van der Waals surface area (Å²) in [7, 11) is -4.46. The predicted molar refractivity (Wildman–Crippen MR) is 151 cm³/mol. The van der Waals surface area contributed by atoms with Crippen LogP contribution in [0.5, 0.6) is 0 Å². The molecule has 2 aromatic rings. The number of aliphatic hydroxyl groups excluding tert-OH is 1. The predicted octanol–water partition coefficient (Wildman–Crippen LogP) is 2.29. The van der Waals surface area contributed by atoms with E-state index in [2.05, 4.69) is 24.9 Å². The number of aryl methyl sites for hydroxylation is 1. The zero-order valence-electron chi connectivity index (χ0n) is 23.0. The van der Waals surface area contributed by atoms with E-state index in [9.17, 15) is 23.1 Å². The zero-order valence-corrected chi connectivity index (χ0v) is 23.8. The van der Waals surface area contributed by atoms with Crippen molar-refractivity contribution in [1.29, 1.82) is 0 Å². The Hall–Kier alpha value is -3.29. The second-order valence-electron chi connectivity index (χ2n) is 11.1. The SMILES string of the molecule is Cc1cc(NC(=O)c2ccc(NS(=O)(=O)C(=O)C(C)O)cc2N2CCC3(CC2)CC3)nc(N2CCO[C@H](C)C2)n1. The van der Waals surface area contributed by atoms with Crippen LogP contribution < -0.4 is 19.8 Å². The van der Waals surface area contributed by atoms with E-state index in [1.807, 2.05) is 18.7 Å². The molecule has 2 saturated heterocycles. The molecule has 216 valence electrons. The van der Waals surface area contributed by atoms with E-state index < -0.39 is 27.1 Å². The van der Waals surface area contributed by atoms with Gasteiger partial charge in [-0.05, 0) is 70.1 Å². The summed E-state index contributed by atoms with van der Waals surface area (Å²) in [4.78, 5) is 38.8. The lowest BCUT2D eigenvalue weighted by atomic mass is 9.93. The smallest absolute Gasteiger partial charge is 0.298 e. The summed E-state index contributed by atoms with van der Waals surface area (Å²) in [6.45, 7) is 8.25. The maximum absolute atomic E-state index is 13.6. The highest BCUT2D eigenvalue weighted by atomic mass is 32.2. The summed E-state index contributed by atoms with van der Waals surface area (Å²) in [6.07, 6.45) is 2.80. The monoisotopic (exact) mass is 572 g/mol. The Kier molecular flexibility index (Phi) is 7.73. The summed E-state index contributed by atoms with van der Waals surface area (Å²) in [5.74, 6) is 0.486. The summed E-state index contributed by atoms with van der Waals surface area (Å²) in [5.41, 5.74) is 2.15. The molecule has 2 aliphatic heterocycles. The van der Waals surface area contributed by atoms with Crippen LogP contribution in [0.3, 0.4) is 0 Å². The molecule has 3 heterocycles. The topological polar surface area (TPSA) is 154 Å². The highest BCUT2D eigenvalue weighted by Crippen LogP contribution is 2.54. The van der Waals surface area contributed by atoms with Gasteiger partial charge in [0.05, 0.1) is 29.6 Å². The molecule has 5 rings (SSSR count). The summed E-state index contributed by atoms with van der Waals surface area (Å²) < 4.78 is 32.8. The summed E-state index contributed by atoms with van der Waals surface area (Å²) >= 11 is 0. The molecule has 0 bridgehead atoms. The molecule has 12 nitrogen and oxygen atoms in total. The molecule has 1 unspecified atom stereocenters. The first-order valence-electron chi connectivity index (χ1n) is 13.6. The second-order valence-corrected chi connectivity index (χ2v) is 12.7. The second kappa shape index (κ2) is 10.9. The zero-order chi connectivity index (χ0) is 28.7. The number of hydrogen-bond donors (Lipinski definition) is 3. The normalized spacial score (nSPS) is 21.1. The lowest BCUT2D eigenvalue weighted by Gasteiger charge is -2.35. The van der Waals surface area contributed by atoms with E-state index in [0.717, 1.165) is 32.9 Å². The number of morpholine rings is 1. The van der Waals surface area contributed by atoms with E-state index in [1.165, 1.54) is 25.0 Å². The van der Waals surface area contributed by atoms with Crippen LogP contribution in [0.15, 0.2) is 24.3 Å². The molecule has 3 fully saturated rings. The molecule has 3 aliphatic rings. The van der Waals surface area contributed by atoms with Gasteiger partial charge in [0.25, 0.3) is 21.0 Å². The van der Waals surface area contributed by atoms with Crippen LogP contribution in [0, 0.1) is 12.3 Å². The Labute approximate surface area is 234 Å². The van der Waals surface area contributed by atoms with Crippen LogP contribution in [-0.4, -0.2) is 79.5 Å². The van der Waals surface area contributed by atoms with Crippen molar-refractivity contribution in [1.82, 2.24) is 9.97 Å². The van der Waals surface area contributed by atoms with Crippen LogP contribution in [0.4, 0.5) is 23.1 Å². The van der Waals surface area contributed by atoms with E-state index >= 15 is 0 Å². The number of sulfonamides is 1. The summed E-state index contributed by atoms with van der Waals surface area (Å²) in [6, 6.07) is 6.24. The number of ether oxygens (including phenoxy) is 1. The number of anilines is 4. The number of nitrogens with zero attached hydrogens (tertiary/aromatic N) is 4. The lowest BCUT2D eigenvalue weighted by Crippen LogP contribution is -2.42. The van der Waals surface area contributed by atoms with Crippen molar-refractivity contribution in [3.63, 3.8) is 0 Å². The first kappa shape index (κ1) is 28.2. The number of aliphatic hydroxyl groups is 1. The number of amides is 1. The van der Waals surface area contributed by atoms with Gasteiger partial charge < -0.3 is 25.0 Å². The average Bonchev–Trinajstić information content (AvgIpc) is 3.66. The summed E-state index contributed by atoms with van der Waals surface area (Å²) in [5, 5.41) is 11.1. The van der Waals surface area contributed by atoms with Crippen molar-refractivity contribution in [3.8, 4) is 0 Å². The van der Waals surface area contributed by atoms with E-state index in [4.69, 9.17) is 4.74 Å². The van der Waals surface area contributed by atoms with Crippen LogP contribution in [-0.2, 0) is 19.6 Å². The number of benzene rings is 1. The number of piperidine rings is 1. The van der Waals surface area contributed by atoms with Crippen molar-refractivity contribution < 1.29 is 27.9 Å². The third-order valence-corrected chi connectivity index (χ3v) is 9.21. The number of rotatable bonds is 7. The minimum atomic E-state index is -4.46. The fourth-order valence-electron chi connectivity index (χ4n) is 5.32. The molecule has 3 N–H and O–H groups in total. The molecule has 1 aromatic carbocycles. The van der Waals surface area contributed by atoms with Crippen molar-refractivity contribution in [2.24, 2.45) is 5.41 Å². The minimum absolute atomic E-state index is 0.0459. The van der Waals surface area contributed by atoms with Gasteiger partial charge in [0.2, 0.25) is 5.95 Å². The fourth-order valence-corrected chi connectivity index (χ4v) is 6.31. The van der Waals surface area contributed by atoms with Crippen molar-refractivity contribution in [2.45, 2.75) is 58.7 Å². The fraction of sp³-hybridized carbons (Fsp3) is 0.556. The molecule has 1 aliphatic carbocycles. The molecule has 40 heavy (non-hydrogen) atoms. The molecular formula is C27H36N6O6S. The first-order chi connectivity index (χ1) is 18.9. The van der Waals surface area contributed by atoms with Gasteiger partial charge in [-0.3, -0.25) is 14.3 Å². The molecular weight excluding hydrogens is 536 g/mol. The van der Waals surface area contributed by atoms with E-state index in [1.54, 1.807) is 12.1 Å². The molecule has 1 aromatic heterocycles. The molecule has 1 amide bonds. The molecule has 1 spiro atoms. The van der Waals surface area contributed by atoms with Crippen molar-refractivity contribution in [2.75, 3.05) is 52.6 Å². The first-order valence-corrected chi connectivity index (χ1v) is 15.1.